The van der Waals surface area contributed by atoms with Crippen LogP contribution in [0.15, 0.2) is 29.2 Å². The molecule has 0 bridgehead atoms. The second-order valence-corrected chi connectivity index (χ2v) is 11.6. The maximum absolute atomic E-state index is 13.3. The molecule has 32 heavy (non-hydrogen) atoms. The lowest BCUT2D eigenvalue weighted by molar-refractivity contribution is -0.117. The highest BCUT2D eigenvalue weighted by atomic mass is 32.2. The summed E-state index contributed by atoms with van der Waals surface area (Å²) >= 11 is 0. The van der Waals surface area contributed by atoms with Crippen molar-refractivity contribution in [1.82, 2.24) is 14.1 Å². The van der Waals surface area contributed by atoms with Crippen LogP contribution in [0.3, 0.4) is 0 Å². The van der Waals surface area contributed by atoms with Crippen LogP contribution in [0.2, 0.25) is 0 Å². The van der Waals surface area contributed by atoms with Gasteiger partial charge in [0, 0.05) is 45.3 Å². The largest absolute Gasteiger partial charge is 0.324 e. The fourth-order valence-corrected chi connectivity index (χ4v) is 7.10. The number of hydrogen-bond acceptors (Lipinski definition) is 5. The molecule has 1 heterocycles. The lowest BCUT2D eigenvalue weighted by Crippen LogP contribution is -2.51. The number of nitrogens with zero attached hydrogens (tertiary/aromatic N) is 3. The van der Waals surface area contributed by atoms with E-state index in [1.54, 1.807) is 31.3 Å². The van der Waals surface area contributed by atoms with Crippen LogP contribution in [0.4, 0.5) is 5.69 Å². The van der Waals surface area contributed by atoms with Gasteiger partial charge in [-0.25, -0.2) is 8.42 Å². The number of piperazine rings is 1. The summed E-state index contributed by atoms with van der Waals surface area (Å²) < 4.78 is 28.2. The van der Waals surface area contributed by atoms with Gasteiger partial charge in [0.1, 0.15) is 4.90 Å². The number of anilines is 1. The third-order valence-electron chi connectivity index (χ3n) is 7.52. The van der Waals surface area contributed by atoms with Crippen LogP contribution in [0.1, 0.15) is 57.8 Å². The summed E-state index contributed by atoms with van der Waals surface area (Å²) in [4.78, 5) is 17.7. The Hall–Kier alpha value is -1.48. The van der Waals surface area contributed by atoms with Gasteiger partial charge in [0.05, 0.1) is 12.2 Å². The minimum absolute atomic E-state index is 0.0358. The normalized spacial score (nSPS) is 22.4. The Morgan fingerprint density at radius 1 is 0.969 bits per heavy atom. The van der Waals surface area contributed by atoms with Crippen molar-refractivity contribution in [3.63, 3.8) is 0 Å². The molecule has 1 saturated heterocycles. The van der Waals surface area contributed by atoms with E-state index in [-0.39, 0.29) is 16.8 Å². The van der Waals surface area contributed by atoms with Gasteiger partial charge in [0.25, 0.3) is 0 Å². The molecule has 2 saturated carbocycles. The van der Waals surface area contributed by atoms with Gasteiger partial charge in [0.15, 0.2) is 0 Å². The number of rotatable bonds is 7. The van der Waals surface area contributed by atoms with E-state index in [2.05, 4.69) is 15.1 Å². The molecule has 178 valence electrons. The first kappa shape index (κ1) is 23.7. The molecular formula is C24H38N4O3S. The predicted molar refractivity (Wildman–Crippen MR) is 127 cm³/mol. The molecule has 2 aliphatic carbocycles. The molecule has 3 aliphatic rings. The fraction of sp³-hybridized carbons (Fsp3) is 0.708. The molecule has 3 fully saturated rings. The Kier molecular flexibility index (Phi) is 7.87. The van der Waals surface area contributed by atoms with Gasteiger partial charge in [-0.15, -0.1) is 0 Å². The molecule has 1 aromatic rings. The molecule has 1 amide bonds. The zero-order chi connectivity index (χ0) is 22.6. The Labute approximate surface area is 193 Å². The maximum atomic E-state index is 13.3. The number of carbonyl (C=O) groups is 1. The molecule has 1 N–H and O–H groups in total. The average molecular weight is 463 g/mol. The predicted octanol–water partition coefficient (Wildman–Crippen LogP) is 3.14. The summed E-state index contributed by atoms with van der Waals surface area (Å²) in [5.74, 6) is -0.151. The second kappa shape index (κ2) is 10.6. The van der Waals surface area contributed by atoms with E-state index in [0.717, 1.165) is 57.9 Å². The average Bonchev–Trinajstić information content (AvgIpc) is 3.35. The maximum Gasteiger partial charge on any atom is 0.245 e. The summed E-state index contributed by atoms with van der Waals surface area (Å²) in [5.41, 5.74) is 0.379. The van der Waals surface area contributed by atoms with E-state index in [0.29, 0.717) is 12.2 Å². The van der Waals surface area contributed by atoms with E-state index < -0.39 is 10.0 Å². The van der Waals surface area contributed by atoms with Crippen molar-refractivity contribution >= 4 is 21.6 Å². The van der Waals surface area contributed by atoms with E-state index in [1.165, 1.54) is 36.4 Å². The molecule has 0 atom stereocenters. The first-order valence-electron chi connectivity index (χ1n) is 12.3. The molecular weight excluding hydrogens is 424 g/mol. The van der Waals surface area contributed by atoms with E-state index >= 15 is 0 Å². The summed E-state index contributed by atoms with van der Waals surface area (Å²) in [5, 5.41) is 2.89. The van der Waals surface area contributed by atoms with Gasteiger partial charge in [0.2, 0.25) is 15.9 Å². The third kappa shape index (κ3) is 5.53. The van der Waals surface area contributed by atoms with Crippen molar-refractivity contribution in [2.24, 2.45) is 0 Å². The molecule has 0 aromatic heterocycles. The Morgan fingerprint density at radius 2 is 1.59 bits per heavy atom. The third-order valence-corrected chi connectivity index (χ3v) is 9.49. The second-order valence-electron chi connectivity index (χ2n) is 9.61. The van der Waals surface area contributed by atoms with Crippen molar-refractivity contribution in [2.75, 3.05) is 45.1 Å². The number of para-hydroxylation sites is 1. The Morgan fingerprint density at radius 3 is 2.28 bits per heavy atom. The van der Waals surface area contributed by atoms with Gasteiger partial charge < -0.3 is 5.32 Å². The minimum Gasteiger partial charge on any atom is -0.324 e. The highest BCUT2D eigenvalue weighted by Crippen LogP contribution is 2.30. The van der Waals surface area contributed by atoms with E-state index in [1.807, 2.05) is 0 Å². The molecule has 4 rings (SSSR count). The number of amides is 1. The van der Waals surface area contributed by atoms with Crippen LogP contribution in [0, 0.1) is 0 Å². The van der Waals surface area contributed by atoms with Gasteiger partial charge in [-0.2, -0.15) is 4.31 Å². The highest BCUT2D eigenvalue weighted by Gasteiger charge is 2.31. The Balaban J connectivity index is 1.36. The number of carbonyl (C=O) groups excluding carboxylic acids is 1. The van der Waals surface area contributed by atoms with Gasteiger partial charge in [-0.3, -0.25) is 14.6 Å². The molecule has 0 radical (unpaired) electrons. The van der Waals surface area contributed by atoms with Crippen LogP contribution < -0.4 is 5.32 Å². The smallest absolute Gasteiger partial charge is 0.245 e. The number of hydrogen-bond donors (Lipinski definition) is 1. The van der Waals surface area contributed by atoms with Gasteiger partial charge >= 0.3 is 0 Å². The molecule has 0 unspecified atom stereocenters. The number of benzene rings is 1. The monoisotopic (exact) mass is 462 g/mol. The zero-order valence-corrected chi connectivity index (χ0v) is 20.2. The lowest BCUT2D eigenvalue weighted by Gasteiger charge is -2.37. The Bertz CT molecular complexity index is 871. The van der Waals surface area contributed by atoms with Gasteiger partial charge in [-0.1, -0.05) is 44.2 Å². The van der Waals surface area contributed by atoms with Crippen LogP contribution in [0.5, 0.6) is 0 Å². The first-order valence-corrected chi connectivity index (χ1v) is 13.7. The first-order chi connectivity index (χ1) is 15.4. The number of nitrogens with one attached hydrogen (secondary N) is 1. The fourth-order valence-electron chi connectivity index (χ4n) is 5.54. The van der Waals surface area contributed by atoms with E-state index in [4.69, 9.17) is 0 Å². The zero-order valence-electron chi connectivity index (χ0n) is 19.3. The van der Waals surface area contributed by atoms with Crippen LogP contribution >= 0.6 is 0 Å². The lowest BCUT2D eigenvalue weighted by atomic mass is 9.96. The van der Waals surface area contributed by atoms with Crippen molar-refractivity contribution in [3.05, 3.63) is 24.3 Å². The van der Waals surface area contributed by atoms with Crippen molar-refractivity contribution in [3.8, 4) is 0 Å². The molecule has 7 nitrogen and oxygen atoms in total. The molecule has 0 spiro atoms. The molecule has 1 aliphatic heterocycles. The van der Waals surface area contributed by atoms with Crippen LogP contribution in [-0.2, 0) is 14.8 Å². The summed E-state index contributed by atoms with van der Waals surface area (Å²) in [6.45, 7) is 4.08. The summed E-state index contributed by atoms with van der Waals surface area (Å²) in [6, 6.07) is 7.55. The standard InChI is InChI=1S/C24H38N4O3S/c1-26(20-9-3-2-4-10-20)32(30,31)23-14-8-7-13-22(23)25-24(29)19-27-15-17-28(18-16-27)21-11-5-6-12-21/h7-8,13-14,20-21H,2-6,9-12,15-19H2,1H3,(H,25,29). The quantitative estimate of drug-likeness (QED) is 0.674. The van der Waals surface area contributed by atoms with Crippen LogP contribution in [0.25, 0.3) is 0 Å². The summed E-state index contributed by atoms with van der Waals surface area (Å²) in [6.07, 6.45) is 10.4. The molecule has 1 aromatic carbocycles. The van der Waals surface area contributed by atoms with Gasteiger partial charge in [-0.05, 0) is 37.8 Å². The summed E-state index contributed by atoms with van der Waals surface area (Å²) in [7, 11) is -1.99. The SMILES string of the molecule is CN(C1CCCCC1)S(=O)(=O)c1ccccc1NC(=O)CN1CCN(C2CCCC2)CC1. The minimum atomic E-state index is -3.67. The topological polar surface area (TPSA) is 73.0 Å². The van der Waals surface area contributed by atoms with Crippen molar-refractivity contribution in [1.29, 1.82) is 0 Å². The van der Waals surface area contributed by atoms with E-state index in [9.17, 15) is 13.2 Å². The highest BCUT2D eigenvalue weighted by molar-refractivity contribution is 7.89. The number of sulfonamides is 1. The van der Waals surface area contributed by atoms with Crippen molar-refractivity contribution < 1.29 is 13.2 Å². The van der Waals surface area contributed by atoms with Crippen LogP contribution in [-0.4, -0.2) is 80.3 Å². The molecule has 8 heteroatoms. The van der Waals surface area contributed by atoms with Crippen molar-refractivity contribution in [2.45, 2.75) is 74.8 Å².